The Kier molecular flexibility index (Phi) is 8.38. The van der Waals surface area contributed by atoms with E-state index in [0.29, 0.717) is 0 Å². The van der Waals surface area contributed by atoms with E-state index in [1.165, 1.54) is 0 Å². The molecule has 0 heterocycles. The normalized spacial score (nSPS) is 8.69. The van der Waals surface area contributed by atoms with E-state index in [-0.39, 0.29) is 70.9 Å². The first-order valence-corrected chi connectivity index (χ1v) is 2.44. The first-order chi connectivity index (χ1) is 5.04. The number of hydrogen-bond acceptors (Lipinski definition) is 0. The summed E-state index contributed by atoms with van der Waals surface area (Å²) in [6.07, 6.45) is 0. The molecule has 0 amide bonds. The van der Waals surface area contributed by atoms with Crippen molar-refractivity contribution in [2.75, 3.05) is 0 Å². The fourth-order valence-electron chi connectivity index (χ4n) is 0.495. The Labute approximate surface area is 126 Å². The Hall–Kier alpha value is 1.13. The maximum absolute atomic E-state index is 12.0. The molecule has 0 spiro atoms. The second-order valence-electron chi connectivity index (χ2n) is 1.69. The van der Waals surface area contributed by atoms with Gasteiger partial charge in [0.1, 0.15) is 0 Å². The molecule has 0 N–H and O–H groups in total. The molecule has 13 heavy (non-hydrogen) atoms. The summed E-state index contributed by atoms with van der Waals surface area (Å²) >= 11 is 0. The molecule has 0 saturated heterocycles. The minimum Gasteiger partial charge on any atom is -0.278 e. The third kappa shape index (κ3) is 3.64. The van der Waals surface area contributed by atoms with Crippen molar-refractivity contribution < 1.29 is 92.8 Å². The van der Waals surface area contributed by atoms with Gasteiger partial charge in [0.25, 0.3) is 0 Å². The maximum Gasteiger partial charge on any atom is 1.00 e. The average Bonchev–Trinajstić information content (AvgIpc) is 1.97. The van der Waals surface area contributed by atoms with Gasteiger partial charge in [0.05, 0.1) is 29.1 Å². The molecule has 0 fully saturated rings. The van der Waals surface area contributed by atoms with Gasteiger partial charge in [-0.1, -0.05) is 0 Å². The largest absolute Gasteiger partial charge is 1.00 e. The first-order valence-electron chi connectivity index (χ1n) is 2.44. The minimum absolute atomic E-state index is 0. The molecular weight excluding hydrogens is 307 g/mol. The molecule has 0 unspecified atom stereocenters. The van der Waals surface area contributed by atoms with Crippen molar-refractivity contribution in [1.82, 2.24) is 0 Å². The Morgan fingerprint density at radius 1 is 0.692 bits per heavy atom. The van der Waals surface area contributed by atoms with E-state index >= 15 is 0 Å². The third-order valence-electron chi connectivity index (χ3n) is 0.990. The van der Waals surface area contributed by atoms with E-state index in [0.717, 1.165) is 6.07 Å². The molecule has 1 aromatic rings. The van der Waals surface area contributed by atoms with Crippen LogP contribution in [-0.4, -0.2) is 0 Å². The first kappa shape index (κ1) is 16.6. The summed E-state index contributed by atoms with van der Waals surface area (Å²) in [6.45, 7) is 0. The van der Waals surface area contributed by atoms with Crippen LogP contribution in [0.1, 0.15) is 0 Å². The van der Waals surface area contributed by atoms with Gasteiger partial charge in [-0.2, -0.15) is 0 Å². The van der Waals surface area contributed by atoms with Crippen LogP contribution in [0.15, 0.2) is 0 Å². The Morgan fingerprint density at radius 2 is 1.00 bits per heavy atom. The molecule has 1 rings (SSSR count). The van der Waals surface area contributed by atoms with Gasteiger partial charge < -0.3 is 0 Å². The molecule has 0 aromatic heterocycles. The Morgan fingerprint density at radius 3 is 1.31 bits per heavy atom. The van der Waals surface area contributed by atoms with Crippen molar-refractivity contribution >= 4 is 0 Å². The fraction of sp³-hybridized carbons (Fsp3) is 0. The van der Waals surface area contributed by atoms with Crippen molar-refractivity contribution in [3.05, 3.63) is 35.2 Å². The van der Waals surface area contributed by atoms with Crippen molar-refractivity contribution in [3.8, 4) is 0 Å². The zero-order valence-corrected chi connectivity index (χ0v) is 11.1. The number of halogens is 5. The zero-order valence-electron chi connectivity index (χ0n) is 6.24. The van der Waals surface area contributed by atoms with E-state index < -0.39 is 29.1 Å². The van der Waals surface area contributed by atoms with Crippen LogP contribution in [0, 0.1) is 35.2 Å². The summed E-state index contributed by atoms with van der Waals surface area (Å²) in [5.41, 5.74) is 0. The zero-order chi connectivity index (χ0) is 8.59. The van der Waals surface area contributed by atoms with Crippen LogP contribution < -0.4 is 51.4 Å². The molecule has 0 saturated carbocycles. The Balaban J connectivity index is 0. The topological polar surface area (TPSA) is 0 Å². The van der Waals surface area contributed by atoms with E-state index in [1.807, 2.05) is 0 Å². The van der Waals surface area contributed by atoms with E-state index in [2.05, 4.69) is 0 Å². The van der Waals surface area contributed by atoms with Crippen LogP contribution >= 0.6 is 0 Å². The van der Waals surface area contributed by atoms with Crippen LogP contribution in [0.5, 0.6) is 0 Å². The number of rotatable bonds is 0. The van der Waals surface area contributed by atoms with Crippen LogP contribution in [-0.2, 0) is 19.5 Å². The molecule has 0 radical (unpaired) electrons. The predicted octanol–water partition coefficient (Wildman–Crippen LogP) is -0.816. The Bertz CT molecular complexity index is 277. The van der Waals surface area contributed by atoms with Gasteiger partial charge >= 0.3 is 51.4 Å². The van der Waals surface area contributed by atoms with Crippen molar-refractivity contribution in [1.29, 1.82) is 0 Å². The van der Waals surface area contributed by atoms with E-state index in [9.17, 15) is 22.0 Å². The van der Waals surface area contributed by atoms with Crippen LogP contribution in [0.2, 0.25) is 0 Å². The molecule has 0 atom stereocenters. The maximum atomic E-state index is 12.0. The summed E-state index contributed by atoms with van der Waals surface area (Å²) in [4.78, 5) is 0. The van der Waals surface area contributed by atoms with Gasteiger partial charge in [0, 0.05) is 19.5 Å². The minimum atomic E-state index is -2.17. The summed E-state index contributed by atoms with van der Waals surface area (Å²) < 4.78 is 59.9. The second-order valence-corrected chi connectivity index (χ2v) is 1.69. The quantitative estimate of drug-likeness (QED) is 0.193. The molecule has 68 valence electrons. The second kappa shape index (κ2) is 6.58. The van der Waals surface area contributed by atoms with Crippen LogP contribution in [0.4, 0.5) is 22.0 Å². The standard InChI is InChI=1S/C6F5.K.Ru/c7-2-1-3(8)5(10)6(11)4(2)9;;/q-1;+1;. The average molecular weight is 307 g/mol. The number of benzene rings is 1. The molecule has 7 heteroatoms. The van der Waals surface area contributed by atoms with Gasteiger partial charge in [-0.15, -0.1) is 6.07 Å². The SMILES string of the molecule is Fc1[c-]c(F)c(F)c(F)c1F.[K+].[Ru]. The molecular formula is C6F5KRu. The van der Waals surface area contributed by atoms with Gasteiger partial charge in [-0.25, -0.2) is 13.2 Å². The van der Waals surface area contributed by atoms with Crippen molar-refractivity contribution in [3.63, 3.8) is 0 Å². The van der Waals surface area contributed by atoms with Crippen molar-refractivity contribution in [2.24, 2.45) is 0 Å². The van der Waals surface area contributed by atoms with Gasteiger partial charge in [0.15, 0.2) is 0 Å². The summed E-state index contributed by atoms with van der Waals surface area (Å²) in [5, 5.41) is 0. The smallest absolute Gasteiger partial charge is 0.278 e. The van der Waals surface area contributed by atoms with Crippen LogP contribution in [0.25, 0.3) is 0 Å². The molecule has 1 aromatic carbocycles. The molecule has 0 bridgehead atoms. The van der Waals surface area contributed by atoms with Gasteiger partial charge in [-0.3, -0.25) is 8.78 Å². The van der Waals surface area contributed by atoms with Gasteiger partial charge in [-0.05, 0) is 0 Å². The van der Waals surface area contributed by atoms with Crippen molar-refractivity contribution in [2.45, 2.75) is 0 Å². The van der Waals surface area contributed by atoms with Crippen LogP contribution in [0.3, 0.4) is 0 Å². The predicted molar refractivity (Wildman–Crippen MR) is 25.1 cm³/mol. The van der Waals surface area contributed by atoms with E-state index in [1.54, 1.807) is 0 Å². The summed E-state index contributed by atoms with van der Waals surface area (Å²) in [6, 6.07) is 1.02. The fourth-order valence-corrected chi connectivity index (χ4v) is 0.495. The molecule has 0 aliphatic heterocycles. The molecule has 0 aliphatic rings. The summed E-state index contributed by atoms with van der Waals surface area (Å²) in [7, 11) is 0. The summed E-state index contributed by atoms with van der Waals surface area (Å²) in [5.74, 6) is -10.0. The van der Waals surface area contributed by atoms with E-state index in [4.69, 9.17) is 0 Å². The monoisotopic (exact) mass is 308 g/mol. The molecule has 0 nitrogen and oxygen atoms in total. The molecule has 0 aliphatic carbocycles. The van der Waals surface area contributed by atoms with Gasteiger partial charge in [0.2, 0.25) is 0 Å². The number of hydrogen-bond donors (Lipinski definition) is 0. The third-order valence-corrected chi connectivity index (χ3v) is 0.990.